The zero-order valence-electron chi connectivity index (χ0n) is 12.5. The SMILES string of the molecule is CCn1nc(C)c([N+](=O)[O-])c1N1CCC(OCCO)CC1. The highest BCUT2D eigenvalue weighted by Crippen LogP contribution is 2.33. The van der Waals surface area contributed by atoms with Gasteiger partial charge in [-0.25, -0.2) is 4.68 Å². The summed E-state index contributed by atoms with van der Waals surface area (Å²) < 4.78 is 7.22. The van der Waals surface area contributed by atoms with Crippen molar-refractivity contribution in [1.29, 1.82) is 0 Å². The minimum Gasteiger partial charge on any atom is -0.394 e. The van der Waals surface area contributed by atoms with Crippen molar-refractivity contribution in [3.63, 3.8) is 0 Å². The maximum absolute atomic E-state index is 11.3. The minimum absolute atomic E-state index is 0.0213. The van der Waals surface area contributed by atoms with Crippen LogP contribution in [0.25, 0.3) is 0 Å². The quantitative estimate of drug-likeness (QED) is 0.624. The van der Waals surface area contributed by atoms with Gasteiger partial charge in [0.05, 0.1) is 24.2 Å². The van der Waals surface area contributed by atoms with E-state index in [4.69, 9.17) is 9.84 Å². The Kier molecular flexibility index (Phi) is 5.13. The molecule has 0 spiro atoms. The van der Waals surface area contributed by atoms with E-state index >= 15 is 0 Å². The fraction of sp³-hybridized carbons (Fsp3) is 0.769. The number of aliphatic hydroxyl groups is 1. The van der Waals surface area contributed by atoms with Gasteiger partial charge in [0.1, 0.15) is 5.69 Å². The van der Waals surface area contributed by atoms with Gasteiger partial charge < -0.3 is 14.7 Å². The number of hydrogen-bond acceptors (Lipinski definition) is 6. The molecule has 1 saturated heterocycles. The zero-order chi connectivity index (χ0) is 15.4. The smallest absolute Gasteiger partial charge is 0.333 e. The Labute approximate surface area is 123 Å². The molecule has 0 unspecified atom stereocenters. The Morgan fingerprint density at radius 2 is 2.14 bits per heavy atom. The van der Waals surface area contributed by atoms with Gasteiger partial charge >= 0.3 is 5.69 Å². The Hall–Kier alpha value is -1.67. The van der Waals surface area contributed by atoms with E-state index in [1.165, 1.54) is 0 Å². The summed E-state index contributed by atoms with van der Waals surface area (Å²) in [6.45, 7) is 5.96. The van der Waals surface area contributed by atoms with Crippen LogP contribution in [-0.2, 0) is 11.3 Å². The van der Waals surface area contributed by atoms with E-state index in [1.807, 2.05) is 11.8 Å². The summed E-state index contributed by atoms with van der Waals surface area (Å²) in [5.74, 6) is 0.598. The van der Waals surface area contributed by atoms with Crippen LogP contribution in [0.4, 0.5) is 11.5 Å². The number of aromatic nitrogens is 2. The molecule has 1 aromatic rings. The third-order valence-electron chi connectivity index (χ3n) is 3.74. The van der Waals surface area contributed by atoms with Gasteiger partial charge in [-0.2, -0.15) is 5.10 Å². The van der Waals surface area contributed by atoms with Gasteiger partial charge in [0.25, 0.3) is 0 Å². The maximum Gasteiger partial charge on any atom is 0.333 e. The van der Waals surface area contributed by atoms with Crippen LogP contribution < -0.4 is 4.90 Å². The Morgan fingerprint density at radius 1 is 1.48 bits per heavy atom. The summed E-state index contributed by atoms with van der Waals surface area (Å²) in [4.78, 5) is 13.0. The molecule has 0 bridgehead atoms. The lowest BCUT2D eigenvalue weighted by atomic mass is 10.1. The molecule has 1 aromatic heterocycles. The first-order chi connectivity index (χ1) is 10.1. The van der Waals surface area contributed by atoms with E-state index in [0.717, 1.165) is 12.8 Å². The molecular weight excluding hydrogens is 276 g/mol. The molecule has 118 valence electrons. The number of ether oxygens (including phenoxy) is 1. The predicted molar refractivity (Wildman–Crippen MR) is 77.6 cm³/mol. The highest BCUT2D eigenvalue weighted by Gasteiger charge is 2.31. The van der Waals surface area contributed by atoms with Crippen LogP contribution in [0.3, 0.4) is 0 Å². The fourth-order valence-corrected chi connectivity index (χ4v) is 2.76. The molecule has 2 rings (SSSR count). The standard InChI is InChI=1S/C13H22N4O4/c1-3-16-13(12(17(19)20)10(2)14-16)15-6-4-11(5-7-15)21-9-8-18/h11,18H,3-9H2,1-2H3. The van der Waals surface area contributed by atoms with Crippen molar-refractivity contribution in [3.8, 4) is 0 Å². The maximum atomic E-state index is 11.3. The topological polar surface area (TPSA) is 93.7 Å². The molecule has 1 aliphatic heterocycles. The summed E-state index contributed by atoms with van der Waals surface area (Å²) >= 11 is 0. The molecule has 1 N–H and O–H groups in total. The van der Waals surface area contributed by atoms with Crippen LogP contribution >= 0.6 is 0 Å². The number of aryl methyl sites for hydroxylation is 2. The molecule has 0 aliphatic carbocycles. The molecule has 2 heterocycles. The lowest BCUT2D eigenvalue weighted by Crippen LogP contribution is -2.38. The van der Waals surface area contributed by atoms with Crippen LogP contribution in [0.2, 0.25) is 0 Å². The molecule has 1 aliphatic rings. The van der Waals surface area contributed by atoms with Crippen molar-refractivity contribution < 1.29 is 14.8 Å². The van der Waals surface area contributed by atoms with E-state index in [0.29, 0.717) is 37.8 Å². The summed E-state index contributed by atoms with van der Waals surface area (Å²) in [5.41, 5.74) is 0.557. The second kappa shape index (κ2) is 6.86. The average molecular weight is 298 g/mol. The number of aliphatic hydroxyl groups excluding tert-OH is 1. The van der Waals surface area contributed by atoms with E-state index < -0.39 is 0 Å². The monoisotopic (exact) mass is 298 g/mol. The lowest BCUT2D eigenvalue weighted by molar-refractivity contribution is -0.384. The molecule has 0 atom stereocenters. The highest BCUT2D eigenvalue weighted by atomic mass is 16.6. The molecule has 0 aromatic carbocycles. The van der Waals surface area contributed by atoms with Gasteiger partial charge in [0, 0.05) is 19.6 Å². The summed E-state index contributed by atoms with van der Waals surface area (Å²) in [6.07, 6.45) is 1.71. The van der Waals surface area contributed by atoms with E-state index in [1.54, 1.807) is 11.6 Å². The average Bonchev–Trinajstić information content (AvgIpc) is 2.82. The zero-order valence-corrected chi connectivity index (χ0v) is 12.5. The normalized spacial score (nSPS) is 16.4. The van der Waals surface area contributed by atoms with Gasteiger partial charge in [-0.15, -0.1) is 0 Å². The number of rotatable bonds is 6. The van der Waals surface area contributed by atoms with Crippen molar-refractivity contribution in [2.24, 2.45) is 0 Å². The van der Waals surface area contributed by atoms with Crippen molar-refractivity contribution >= 4 is 11.5 Å². The predicted octanol–water partition coefficient (Wildman–Crippen LogP) is 1.10. The Balaban J connectivity index is 2.14. The number of piperidine rings is 1. The van der Waals surface area contributed by atoms with Gasteiger partial charge in [0.2, 0.25) is 5.82 Å². The third-order valence-corrected chi connectivity index (χ3v) is 3.74. The molecule has 0 amide bonds. The molecule has 8 heteroatoms. The second-order valence-electron chi connectivity index (χ2n) is 5.11. The van der Waals surface area contributed by atoms with Crippen LogP contribution in [-0.4, -0.2) is 52.2 Å². The molecule has 8 nitrogen and oxygen atoms in total. The molecule has 1 fully saturated rings. The summed E-state index contributed by atoms with van der Waals surface area (Å²) in [7, 11) is 0. The van der Waals surface area contributed by atoms with Crippen molar-refractivity contribution in [2.45, 2.75) is 39.3 Å². The van der Waals surface area contributed by atoms with Crippen LogP contribution in [0.1, 0.15) is 25.5 Å². The van der Waals surface area contributed by atoms with Gasteiger partial charge in [-0.1, -0.05) is 0 Å². The van der Waals surface area contributed by atoms with Crippen molar-refractivity contribution in [2.75, 3.05) is 31.2 Å². The number of hydrogen-bond donors (Lipinski definition) is 1. The van der Waals surface area contributed by atoms with E-state index in [2.05, 4.69) is 5.10 Å². The summed E-state index contributed by atoms with van der Waals surface area (Å²) in [5, 5.41) is 24.3. The largest absolute Gasteiger partial charge is 0.394 e. The van der Waals surface area contributed by atoms with E-state index in [-0.39, 0.29) is 23.3 Å². The van der Waals surface area contributed by atoms with Gasteiger partial charge in [-0.05, 0) is 26.7 Å². The van der Waals surface area contributed by atoms with Crippen LogP contribution in [0.15, 0.2) is 0 Å². The first kappa shape index (κ1) is 15.7. The molecular formula is C13H22N4O4. The fourth-order valence-electron chi connectivity index (χ4n) is 2.76. The summed E-state index contributed by atoms with van der Waals surface area (Å²) in [6, 6.07) is 0. The molecule has 0 radical (unpaired) electrons. The Morgan fingerprint density at radius 3 is 2.67 bits per heavy atom. The first-order valence-corrected chi connectivity index (χ1v) is 7.27. The number of anilines is 1. The van der Waals surface area contributed by atoms with Crippen molar-refractivity contribution in [3.05, 3.63) is 15.8 Å². The third kappa shape index (κ3) is 3.33. The number of nitro groups is 1. The van der Waals surface area contributed by atoms with Crippen LogP contribution in [0.5, 0.6) is 0 Å². The molecule has 21 heavy (non-hydrogen) atoms. The minimum atomic E-state index is -0.349. The van der Waals surface area contributed by atoms with E-state index in [9.17, 15) is 10.1 Å². The van der Waals surface area contributed by atoms with Crippen LogP contribution in [0, 0.1) is 17.0 Å². The Bertz CT molecular complexity index is 495. The van der Waals surface area contributed by atoms with Gasteiger partial charge in [0.15, 0.2) is 0 Å². The lowest BCUT2D eigenvalue weighted by Gasteiger charge is -2.32. The first-order valence-electron chi connectivity index (χ1n) is 7.27. The second-order valence-corrected chi connectivity index (χ2v) is 5.11. The van der Waals surface area contributed by atoms with Crippen molar-refractivity contribution in [1.82, 2.24) is 9.78 Å². The number of nitrogens with zero attached hydrogens (tertiary/aromatic N) is 4. The highest BCUT2D eigenvalue weighted by molar-refractivity contribution is 5.61. The molecule has 0 saturated carbocycles. The van der Waals surface area contributed by atoms with Gasteiger partial charge in [-0.3, -0.25) is 10.1 Å².